The molecule has 0 bridgehead atoms. The van der Waals surface area contributed by atoms with Crippen LogP contribution in [0.3, 0.4) is 0 Å². The number of likely N-dealkylation sites (N-methyl/N-ethyl adjacent to an activating group) is 3. The number of anilines is 2. The first-order chi connectivity index (χ1) is 32.5. The Morgan fingerprint density at radius 2 is 0.882 bits per heavy atom. The van der Waals surface area contributed by atoms with Crippen LogP contribution in [-0.2, 0) is 20.2 Å². The van der Waals surface area contributed by atoms with Gasteiger partial charge in [0.2, 0.25) is 10.7 Å². The molecule has 4 aromatic carbocycles. The number of hydrogen-bond acceptors (Lipinski definition) is 9. The molecule has 2 aliphatic carbocycles. The minimum absolute atomic E-state index is 0.167. The number of fused-ring (bicyclic) bond motifs is 4. The minimum atomic E-state index is -4.53. The second-order valence-electron chi connectivity index (χ2n) is 17.1. The van der Waals surface area contributed by atoms with Gasteiger partial charge in [0, 0.05) is 106 Å². The van der Waals surface area contributed by atoms with E-state index >= 15 is 0 Å². The average Bonchev–Trinajstić information content (AvgIpc) is 3.33. The van der Waals surface area contributed by atoms with Gasteiger partial charge in [-0.15, -0.1) is 0 Å². The van der Waals surface area contributed by atoms with E-state index in [9.17, 15) is 25.9 Å². The third-order valence-corrected chi connectivity index (χ3v) is 14.8. The molecular weight excluding hydrogens is 899 g/mol. The standard InChI is InChI=1S/C53H57N5O8S2/c1-8-57(9-2)38-22-26-42-48(34-38)65-46-32-36(20-24-40(46)52(42)44-16-12-14-18-50(44)67(59,60)61)55(6)30-28-54(5)29-31-56(7)37-21-25-41-47(33-37)66-49-35-39(58(10-3)11-4)23-27-43(49)53(41)45-17-13-15-19-51(45)68(62,63)64/h12-27,32-35H,8-11,28-31H2,1-7H3/p+2. The maximum Gasteiger partial charge on any atom is 0.295 e. The molecule has 4 aliphatic rings. The molecule has 4 aromatic rings. The van der Waals surface area contributed by atoms with Gasteiger partial charge in [-0.05, 0) is 83.3 Å². The Balaban J connectivity index is 1.10. The summed E-state index contributed by atoms with van der Waals surface area (Å²) in [6.45, 7) is 14.5. The molecule has 8 rings (SSSR count). The monoisotopic (exact) mass is 957 g/mol. The van der Waals surface area contributed by atoms with Crippen LogP contribution in [-0.4, -0.2) is 104 Å². The molecule has 2 aliphatic heterocycles. The number of hydrogen-bond donors (Lipinski definition) is 2. The van der Waals surface area contributed by atoms with Crippen LogP contribution in [0.1, 0.15) is 27.7 Å². The normalized spacial score (nSPS) is 13.2. The van der Waals surface area contributed by atoms with Crippen LogP contribution in [0.15, 0.2) is 140 Å². The van der Waals surface area contributed by atoms with Crippen LogP contribution in [0.2, 0.25) is 0 Å². The highest BCUT2D eigenvalue weighted by Gasteiger charge is 2.26. The van der Waals surface area contributed by atoms with E-state index in [-0.39, 0.29) is 9.79 Å². The van der Waals surface area contributed by atoms with Gasteiger partial charge in [-0.3, -0.25) is 14.0 Å². The van der Waals surface area contributed by atoms with Crippen molar-refractivity contribution in [2.75, 3.05) is 83.3 Å². The summed E-state index contributed by atoms with van der Waals surface area (Å²) in [6.07, 6.45) is 0. The molecule has 2 heterocycles. The molecule has 13 nitrogen and oxygen atoms in total. The molecule has 0 saturated heterocycles. The molecule has 0 saturated carbocycles. The van der Waals surface area contributed by atoms with E-state index in [2.05, 4.69) is 58.6 Å². The summed E-state index contributed by atoms with van der Waals surface area (Å²) in [5.74, 6) is 1.17. The van der Waals surface area contributed by atoms with Gasteiger partial charge in [0.25, 0.3) is 20.2 Å². The summed E-state index contributed by atoms with van der Waals surface area (Å²) in [4.78, 5) is 6.37. The van der Waals surface area contributed by atoms with Crippen molar-refractivity contribution in [3.63, 3.8) is 0 Å². The van der Waals surface area contributed by atoms with Crippen LogP contribution in [0.25, 0.3) is 66.8 Å². The fourth-order valence-corrected chi connectivity index (χ4v) is 10.6. The molecule has 15 heteroatoms. The van der Waals surface area contributed by atoms with E-state index in [1.807, 2.05) is 86.9 Å². The molecule has 0 amide bonds. The maximum absolute atomic E-state index is 12.7. The largest absolute Gasteiger partial charge is 0.456 e. The summed E-state index contributed by atoms with van der Waals surface area (Å²) in [7, 11) is -2.92. The second-order valence-corrected chi connectivity index (χ2v) is 19.9. The molecule has 68 heavy (non-hydrogen) atoms. The SMILES string of the molecule is CCN(CC)c1ccc2c(-c3ccccc3S(=O)(=O)O)c3ccc(=[N+](C)CCN(C)CC[N+](C)=c4ccc5c(-c6ccccc6S(=O)(=O)O)c6ccc(N(CC)CC)cc6oc-5c4)cc-3oc2c1. The Hall–Kier alpha value is -6.36. The summed E-state index contributed by atoms with van der Waals surface area (Å²) in [5, 5.41) is 3.32. The van der Waals surface area contributed by atoms with Gasteiger partial charge >= 0.3 is 0 Å². The molecule has 0 spiro atoms. The van der Waals surface area contributed by atoms with Crippen molar-refractivity contribution >= 4 is 53.5 Å². The zero-order valence-corrected chi connectivity index (χ0v) is 41.2. The third-order valence-electron chi connectivity index (χ3n) is 13.0. The highest BCUT2D eigenvalue weighted by molar-refractivity contribution is 7.86. The van der Waals surface area contributed by atoms with E-state index in [0.29, 0.717) is 58.0 Å². The molecule has 0 fully saturated rings. The molecule has 2 N–H and O–H groups in total. The van der Waals surface area contributed by atoms with Gasteiger partial charge in [-0.1, -0.05) is 36.4 Å². The van der Waals surface area contributed by atoms with Crippen molar-refractivity contribution in [2.45, 2.75) is 37.5 Å². The first-order valence-electron chi connectivity index (χ1n) is 23.0. The topological polar surface area (TPSA) is 151 Å². The zero-order chi connectivity index (χ0) is 48.5. The molecule has 0 unspecified atom stereocenters. The van der Waals surface area contributed by atoms with Gasteiger partial charge in [0.15, 0.2) is 13.1 Å². The average molecular weight is 958 g/mol. The number of nitrogens with zero attached hydrogens (tertiary/aromatic N) is 5. The molecule has 354 valence electrons. The summed E-state index contributed by atoms with van der Waals surface area (Å²) in [5.41, 5.74) is 6.75. The highest BCUT2D eigenvalue weighted by Crippen LogP contribution is 2.44. The minimum Gasteiger partial charge on any atom is -0.456 e. The lowest BCUT2D eigenvalue weighted by Crippen LogP contribution is -2.38. The van der Waals surface area contributed by atoms with E-state index in [1.54, 1.807) is 36.4 Å². The first kappa shape index (κ1) is 48.1. The Kier molecular flexibility index (Phi) is 13.9. The fourth-order valence-electron chi connectivity index (χ4n) is 9.17. The number of benzene rings is 6. The fraction of sp³-hybridized carbons (Fsp3) is 0.283. The Labute approximate surface area is 398 Å². The van der Waals surface area contributed by atoms with Gasteiger partial charge in [0.05, 0.1) is 25.2 Å². The van der Waals surface area contributed by atoms with E-state index in [1.165, 1.54) is 12.1 Å². The van der Waals surface area contributed by atoms with E-state index in [4.69, 9.17) is 8.83 Å². The number of rotatable bonds is 16. The van der Waals surface area contributed by atoms with Crippen LogP contribution in [0, 0.1) is 0 Å². The third kappa shape index (κ3) is 9.67. The van der Waals surface area contributed by atoms with Gasteiger partial charge in [-0.2, -0.15) is 16.8 Å². The van der Waals surface area contributed by atoms with Crippen molar-refractivity contribution in [2.24, 2.45) is 0 Å². The molecular formula is C53H59N5O8S2+2. The lowest BCUT2D eigenvalue weighted by atomic mass is 9.93. The predicted octanol–water partition coefficient (Wildman–Crippen LogP) is 8.34. The molecule has 0 radical (unpaired) electrons. The predicted molar refractivity (Wildman–Crippen MR) is 273 cm³/mol. The lowest BCUT2D eigenvalue weighted by molar-refractivity contribution is 0.321. The highest BCUT2D eigenvalue weighted by atomic mass is 32.2. The molecule has 0 aromatic heterocycles. The summed E-state index contributed by atoms with van der Waals surface area (Å²) >= 11 is 0. The Morgan fingerprint density at radius 3 is 1.25 bits per heavy atom. The van der Waals surface area contributed by atoms with E-state index in [0.717, 1.165) is 83.3 Å². The summed E-state index contributed by atoms with van der Waals surface area (Å²) < 4.78 is 88.8. The van der Waals surface area contributed by atoms with Crippen LogP contribution < -0.4 is 29.7 Å². The van der Waals surface area contributed by atoms with Crippen molar-refractivity contribution in [3.05, 3.63) is 132 Å². The second kappa shape index (κ2) is 19.7. The van der Waals surface area contributed by atoms with Gasteiger partial charge < -0.3 is 18.6 Å². The Morgan fingerprint density at radius 1 is 0.500 bits per heavy atom. The van der Waals surface area contributed by atoms with E-state index < -0.39 is 20.2 Å². The van der Waals surface area contributed by atoms with Crippen LogP contribution in [0.5, 0.6) is 0 Å². The summed E-state index contributed by atoms with van der Waals surface area (Å²) in [6, 6.07) is 36.8. The van der Waals surface area contributed by atoms with Gasteiger partial charge in [-0.25, -0.2) is 9.15 Å². The van der Waals surface area contributed by atoms with Gasteiger partial charge in [0.1, 0.15) is 46.6 Å². The smallest absolute Gasteiger partial charge is 0.295 e. The van der Waals surface area contributed by atoms with Crippen LogP contribution >= 0.6 is 0 Å². The van der Waals surface area contributed by atoms with Crippen LogP contribution in [0.4, 0.5) is 11.4 Å². The van der Waals surface area contributed by atoms with Crippen molar-refractivity contribution in [3.8, 4) is 44.9 Å². The van der Waals surface area contributed by atoms with Crippen molar-refractivity contribution < 1.29 is 34.8 Å². The lowest BCUT2D eigenvalue weighted by Gasteiger charge is -2.22. The van der Waals surface area contributed by atoms with Crippen molar-refractivity contribution in [1.29, 1.82) is 0 Å². The van der Waals surface area contributed by atoms with Crippen molar-refractivity contribution in [1.82, 2.24) is 14.1 Å². The first-order valence-corrected chi connectivity index (χ1v) is 25.8. The Bertz CT molecular complexity index is 3250. The zero-order valence-electron chi connectivity index (χ0n) is 39.6. The maximum atomic E-state index is 12.7. The quantitative estimate of drug-likeness (QED) is 0.0547. The molecule has 0 atom stereocenters.